The maximum absolute atomic E-state index is 12.5. The highest BCUT2D eigenvalue weighted by molar-refractivity contribution is 7.92. The third-order valence-corrected chi connectivity index (χ3v) is 6.81. The monoisotopic (exact) mass is 429 g/mol. The van der Waals surface area contributed by atoms with Gasteiger partial charge in [-0.1, -0.05) is 30.3 Å². The van der Waals surface area contributed by atoms with Gasteiger partial charge in [0.05, 0.1) is 5.51 Å². The van der Waals surface area contributed by atoms with E-state index in [4.69, 9.17) is 0 Å². The molecular weight excluding hydrogens is 406 g/mol. The van der Waals surface area contributed by atoms with Crippen molar-refractivity contribution in [1.82, 2.24) is 14.9 Å². The summed E-state index contributed by atoms with van der Waals surface area (Å²) in [6.45, 7) is 4.76. The zero-order valence-electron chi connectivity index (χ0n) is 16.1. The van der Waals surface area contributed by atoms with Crippen molar-refractivity contribution >= 4 is 33.0 Å². The molecule has 1 aliphatic heterocycles. The lowest BCUT2D eigenvalue weighted by Gasteiger charge is -2.18. The van der Waals surface area contributed by atoms with E-state index in [2.05, 4.69) is 49.2 Å². The molecule has 0 bridgehead atoms. The summed E-state index contributed by atoms with van der Waals surface area (Å²) in [5.74, 6) is 1.04. The number of anilines is 2. The summed E-state index contributed by atoms with van der Waals surface area (Å²) in [4.78, 5) is 10.9. The number of hydrogen-bond donors (Lipinski definition) is 2. The van der Waals surface area contributed by atoms with E-state index in [1.807, 2.05) is 13.0 Å². The zero-order valence-corrected chi connectivity index (χ0v) is 17.7. The second kappa shape index (κ2) is 8.48. The number of thiazole rings is 1. The van der Waals surface area contributed by atoms with Crippen molar-refractivity contribution in [1.29, 1.82) is 0 Å². The molecule has 2 N–H and O–H groups in total. The highest BCUT2D eigenvalue weighted by Crippen LogP contribution is 2.22. The molecule has 1 saturated heterocycles. The largest absolute Gasteiger partial charge is 0.366 e. The van der Waals surface area contributed by atoms with Gasteiger partial charge >= 0.3 is 0 Å². The number of benzene rings is 1. The van der Waals surface area contributed by atoms with Crippen LogP contribution in [0.4, 0.5) is 11.6 Å². The Morgan fingerprint density at radius 2 is 2.07 bits per heavy atom. The Morgan fingerprint density at radius 3 is 2.79 bits per heavy atom. The molecule has 29 heavy (non-hydrogen) atoms. The SMILES string of the molecule is Cc1cc(S(=O)(=O)Nc2cscn2)cnc1N[C@H]1CCN(Cc2ccccc2)C1. The van der Waals surface area contributed by atoms with Crippen LogP contribution in [0.25, 0.3) is 0 Å². The van der Waals surface area contributed by atoms with Crippen LogP contribution in [0.15, 0.2) is 58.4 Å². The molecule has 0 amide bonds. The van der Waals surface area contributed by atoms with Gasteiger partial charge in [0.2, 0.25) is 0 Å². The van der Waals surface area contributed by atoms with Crippen molar-refractivity contribution in [2.24, 2.45) is 0 Å². The van der Waals surface area contributed by atoms with Crippen LogP contribution in [0.5, 0.6) is 0 Å². The van der Waals surface area contributed by atoms with Gasteiger partial charge < -0.3 is 5.32 Å². The highest BCUT2D eigenvalue weighted by atomic mass is 32.2. The van der Waals surface area contributed by atoms with Gasteiger partial charge in [-0.15, -0.1) is 11.3 Å². The Bertz CT molecular complexity index is 1060. The summed E-state index contributed by atoms with van der Waals surface area (Å²) in [5, 5.41) is 5.12. The van der Waals surface area contributed by atoms with Crippen molar-refractivity contribution < 1.29 is 8.42 Å². The van der Waals surface area contributed by atoms with Gasteiger partial charge in [-0.3, -0.25) is 9.62 Å². The molecule has 152 valence electrons. The number of aromatic nitrogens is 2. The lowest BCUT2D eigenvalue weighted by atomic mass is 10.2. The third-order valence-electron chi connectivity index (χ3n) is 4.90. The quantitative estimate of drug-likeness (QED) is 0.599. The average molecular weight is 430 g/mol. The lowest BCUT2D eigenvalue weighted by molar-refractivity contribution is 0.328. The van der Waals surface area contributed by atoms with Crippen molar-refractivity contribution in [3.05, 3.63) is 64.6 Å². The van der Waals surface area contributed by atoms with Crippen LogP contribution in [-0.2, 0) is 16.6 Å². The molecule has 0 saturated carbocycles. The summed E-state index contributed by atoms with van der Waals surface area (Å²) in [7, 11) is -3.70. The number of nitrogens with one attached hydrogen (secondary N) is 2. The second-order valence-corrected chi connectivity index (χ2v) is 9.57. The minimum Gasteiger partial charge on any atom is -0.366 e. The molecule has 1 fully saturated rings. The molecule has 1 aromatic carbocycles. The zero-order chi connectivity index (χ0) is 20.3. The first-order valence-electron chi connectivity index (χ1n) is 9.40. The summed E-state index contributed by atoms with van der Waals surface area (Å²) < 4.78 is 27.5. The molecule has 4 rings (SSSR count). The van der Waals surface area contributed by atoms with Crippen molar-refractivity contribution in [3.8, 4) is 0 Å². The molecule has 0 spiro atoms. The minimum absolute atomic E-state index is 0.130. The smallest absolute Gasteiger partial charge is 0.264 e. The predicted octanol–water partition coefficient (Wildman–Crippen LogP) is 3.33. The number of pyridine rings is 1. The summed E-state index contributed by atoms with van der Waals surface area (Å²) in [6.07, 6.45) is 2.42. The number of sulfonamides is 1. The number of aryl methyl sites for hydroxylation is 1. The van der Waals surface area contributed by atoms with Crippen LogP contribution in [0.3, 0.4) is 0 Å². The Hall–Kier alpha value is -2.49. The number of hydrogen-bond acceptors (Lipinski definition) is 7. The number of nitrogens with zero attached hydrogens (tertiary/aromatic N) is 3. The second-order valence-electron chi connectivity index (χ2n) is 7.17. The maximum atomic E-state index is 12.5. The van der Waals surface area contributed by atoms with Crippen LogP contribution < -0.4 is 10.0 Å². The summed E-state index contributed by atoms with van der Waals surface area (Å²) >= 11 is 1.33. The standard InChI is InChI=1S/C20H23N5O2S2/c1-15-9-18(29(26,27)24-19-13-28-14-22-19)10-21-20(15)23-17-7-8-25(12-17)11-16-5-3-2-4-6-16/h2-6,9-10,13-14,17,24H,7-8,11-12H2,1H3,(H,21,23)/t17-/m0/s1. The van der Waals surface area contributed by atoms with Gasteiger partial charge in [0.1, 0.15) is 10.7 Å². The molecular formula is C20H23N5O2S2. The Balaban J connectivity index is 1.39. The summed E-state index contributed by atoms with van der Waals surface area (Å²) in [5.41, 5.74) is 3.69. The van der Waals surface area contributed by atoms with Crippen LogP contribution in [-0.4, -0.2) is 42.4 Å². The molecule has 3 aromatic rings. The van der Waals surface area contributed by atoms with E-state index in [1.165, 1.54) is 23.1 Å². The molecule has 1 aliphatic rings. The van der Waals surface area contributed by atoms with E-state index in [9.17, 15) is 8.42 Å². The predicted molar refractivity (Wildman–Crippen MR) is 116 cm³/mol. The Labute approximate surface area is 174 Å². The van der Waals surface area contributed by atoms with Crippen LogP contribution in [0.2, 0.25) is 0 Å². The van der Waals surface area contributed by atoms with Crippen molar-refractivity contribution in [3.63, 3.8) is 0 Å². The van der Waals surface area contributed by atoms with Gasteiger partial charge in [-0.05, 0) is 30.5 Å². The first-order chi connectivity index (χ1) is 14.0. The van der Waals surface area contributed by atoms with E-state index in [0.29, 0.717) is 11.9 Å². The van der Waals surface area contributed by atoms with Crippen LogP contribution in [0.1, 0.15) is 17.5 Å². The molecule has 0 radical (unpaired) electrons. The Kier molecular flexibility index (Phi) is 5.79. The van der Waals surface area contributed by atoms with E-state index >= 15 is 0 Å². The fourth-order valence-electron chi connectivity index (χ4n) is 3.44. The molecule has 0 unspecified atom stereocenters. The van der Waals surface area contributed by atoms with Gasteiger partial charge in [0, 0.05) is 37.3 Å². The fourth-order valence-corrected chi connectivity index (χ4v) is 5.02. The van der Waals surface area contributed by atoms with Crippen LogP contribution in [0, 0.1) is 6.92 Å². The fraction of sp³-hybridized carbons (Fsp3) is 0.300. The topological polar surface area (TPSA) is 87.2 Å². The van der Waals surface area contributed by atoms with Gasteiger partial charge in [-0.25, -0.2) is 18.4 Å². The van der Waals surface area contributed by atoms with E-state index in [-0.39, 0.29) is 4.90 Å². The third kappa shape index (κ3) is 4.92. The first kappa shape index (κ1) is 19.8. The molecule has 1 atom stereocenters. The Morgan fingerprint density at radius 1 is 1.24 bits per heavy atom. The highest BCUT2D eigenvalue weighted by Gasteiger charge is 2.24. The first-order valence-corrected chi connectivity index (χ1v) is 11.8. The molecule has 3 heterocycles. The molecule has 7 nitrogen and oxygen atoms in total. The normalized spacial score (nSPS) is 17.3. The average Bonchev–Trinajstić information content (AvgIpc) is 3.36. The van der Waals surface area contributed by atoms with Crippen molar-refractivity contribution in [2.45, 2.75) is 30.8 Å². The van der Waals surface area contributed by atoms with E-state index in [1.54, 1.807) is 17.0 Å². The number of likely N-dealkylation sites (tertiary alicyclic amines) is 1. The van der Waals surface area contributed by atoms with Gasteiger partial charge in [0.15, 0.2) is 5.82 Å². The molecule has 9 heteroatoms. The lowest BCUT2D eigenvalue weighted by Crippen LogP contribution is -2.26. The number of rotatable bonds is 7. The van der Waals surface area contributed by atoms with E-state index < -0.39 is 10.0 Å². The minimum atomic E-state index is -3.70. The summed E-state index contributed by atoms with van der Waals surface area (Å²) in [6, 6.07) is 12.4. The maximum Gasteiger partial charge on any atom is 0.264 e. The van der Waals surface area contributed by atoms with Crippen LogP contribution >= 0.6 is 11.3 Å². The van der Waals surface area contributed by atoms with E-state index in [0.717, 1.165) is 37.4 Å². The molecule has 0 aliphatic carbocycles. The molecule has 2 aromatic heterocycles. The van der Waals surface area contributed by atoms with Gasteiger partial charge in [-0.2, -0.15) is 0 Å². The van der Waals surface area contributed by atoms with Crippen molar-refractivity contribution in [2.75, 3.05) is 23.1 Å². The van der Waals surface area contributed by atoms with Gasteiger partial charge in [0.25, 0.3) is 10.0 Å².